The predicted octanol–water partition coefficient (Wildman–Crippen LogP) is 1.18. The Balaban J connectivity index is 3.10. The molecule has 3 nitrogen and oxygen atoms in total. The fraction of sp³-hybridized carbons (Fsp3) is 0.667. The van der Waals surface area contributed by atoms with Gasteiger partial charge in [-0.1, -0.05) is 13.8 Å². The van der Waals surface area contributed by atoms with Crippen molar-refractivity contribution >= 4 is 5.78 Å². The molecule has 0 saturated heterocycles. The first-order chi connectivity index (χ1) is 5.36. The molecular weight excluding hydrogens is 156 g/mol. The maximum atomic E-state index is 11.1. The summed E-state index contributed by atoms with van der Waals surface area (Å²) in [4.78, 5) is 11.1. The number of hydrogen-bond donors (Lipinski definition) is 2. The van der Waals surface area contributed by atoms with Crippen LogP contribution in [0, 0.1) is 5.41 Å². The summed E-state index contributed by atoms with van der Waals surface area (Å²) in [5.74, 6) is -0.537. The van der Waals surface area contributed by atoms with Crippen molar-refractivity contribution in [1.29, 1.82) is 0 Å². The van der Waals surface area contributed by atoms with Crippen molar-refractivity contribution in [3.05, 3.63) is 11.3 Å². The van der Waals surface area contributed by atoms with Crippen LogP contribution in [0.4, 0.5) is 0 Å². The number of hydrogen-bond acceptors (Lipinski definition) is 3. The van der Waals surface area contributed by atoms with Gasteiger partial charge in [0.2, 0.25) is 0 Å². The van der Waals surface area contributed by atoms with E-state index < -0.39 is 11.5 Å². The highest BCUT2D eigenvalue weighted by Gasteiger charge is 2.38. The molecule has 0 heterocycles. The second kappa shape index (κ2) is 2.59. The van der Waals surface area contributed by atoms with Gasteiger partial charge in [0.25, 0.3) is 0 Å². The van der Waals surface area contributed by atoms with Crippen LogP contribution in [0.25, 0.3) is 0 Å². The maximum Gasteiger partial charge on any atom is 0.197 e. The summed E-state index contributed by atoms with van der Waals surface area (Å²) < 4.78 is 0. The highest BCUT2D eigenvalue weighted by Crippen LogP contribution is 2.35. The molecule has 0 aromatic rings. The van der Waals surface area contributed by atoms with Gasteiger partial charge in [-0.15, -0.1) is 0 Å². The zero-order chi connectivity index (χ0) is 9.52. The molecule has 1 aliphatic carbocycles. The zero-order valence-corrected chi connectivity index (χ0v) is 7.59. The molecular formula is C9H14O3. The molecule has 0 spiro atoms. The molecule has 2 N–H and O–H groups in total. The fourth-order valence-corrected chi connectivity index (χ4v) is 1.53. The van der Waals surface area contributed by atoms with Crippen LogP contribution in [0.5, 0.6) is 0 Å². The molecule has 12 heavy (non-hydrogen) atoms. The van der Waals surface area contributed by atoms with Gasteiger partial charge in [-0.2, -0.15) is 0 Å². The van der Waals surface area contributed by atoms with Crippen LogP contribution in [0.3, 0.4) is 0 Å². The van der Waals surface area contributed by atoms with Crippen molar-refractivity contribution < 1.29 is 15.0 Å². The number of aliphatic hydroxyl groups is 2. The lowest BCUT2D eigenvalue weighted by molar-refractivity contribution is -0.123. The molecule has 0 amide bonds. The quantitative estimate of drug-likeness (QED) is 0.574. The van der Waals surface area contributed by atoms with E-state index >= 15 is 0 Å². The number of allylic oxidation sites excluding steroid dienone is 1. The van der Waals surface area contributed by atoms with E-state index in [4.69, 9.17) is 0 Å². The van der Waals surface area contributed by atoms with E-state index in [1.165, 1.54) is 0 Å². The summed E-state index contributed by atoms with van der Waals surface area (Å²) in [7, 11) is 0. The molecule has 1 rings (SSSR count). The smallest absolute Gasteiger partial charge is 0.197 e. The minimum atomic E-state index is -0.713. The lowest BCUT2D eigenvalue weighted by Crippen LogP contribution is -2.38. The highest BCUT2D eigenvalue weighted by molar-refractivity contribution is 5.95. The van der Waals surface area contributed by atoms with E-state index in [2.05, 4.69) is 0 Å². The summed E-state index contributed by atoms with van der Waals surface area (Å²) >= 11 is 0. The van der Waals surface area contributed by atoms with E-state index in [0.717, 1.165) is 0 Å². The molecule has 0 aromatic heterocycles. The monoisotopic (exact) mass is 170 g/mol. The molecule has 68 valence electrons. The van der Waals surface area contributed by atoms with Crippen molar-refractivity contribution in [2.45, 2.75) is 33.3 Å². The largest absolute Gasteiger partial charge is 0.504 e. The Hall–Kier alpha value is -0.830. The first kappa shape index (κ1) is 9.26. The standard InChI is InChI=1S/C9H14O3/c1-5-7(11)6(10)4-9(2,3)8(5)12/h8,11-12H,4H2,1-3H3. The van der Waals surface area contributed by atoms with Crippen molar-refractivity contribution in [3.63, 3.8) is 0 Å². The second-order valence-corrected chi connectivity index (χ2v) is 4.02. The lowest BCUT2D eigenvalue weighted by Gasteiger charge is -2.34. The first-order valence-corrected chi connectivity index (χ1v) is 3.97. The Morgan fingerprint density at radius 1 is 1.50 bits per heavy atom. The average molecular weight is 170 g/mol. The normalized spacial score (nSPS) is 29.3. The average Bonchev–Trinajstić information content (AvgIpc) is 1.97. The van der Waals surface area contributed by atoms with Crippen LogP contribution >= 0.6 is 0 Å². The van der Waals surface area contributed by atoms with E-state index in [1.807, 2.05) is 13.8 Å². The first-order valence-electron chi connectivity index (χ1n) is 3.97. The molecule has 0 fully saturated rings. The molecule has 0 radical (unpaired) electrons. The molecule has 1 atom stereocenters. The summed E-state index contributed by atoms with van der Waals surface area (Å²) in [6.45, 7) is 5.20. The van der Waals surface area contributed by atoms with Crippen molar-refractivity contribution in [2.75, 3.05) is 0 Å². The SMILES string of the molecule is CC1=C(O)C(=O)CC(C)(C)C1O. The summed E-state index contributed by atoms with van der Waals surface area (Å²) in [5, 5.41) is 18.8. The second-order valence-electron chi connectivity index (χ2n) is 4.02. The molecule has 3 heteroatoms. The third-order valence-corrected chi connectivity index (χ3v) is 2.40. The van der Waals surface area contributed by atoms with Crippen LogP contribution in [0.1, 0.15) is 27.2 Å². The van der Waals surface area contributed by atoms with E-state index in [0.29, 0.717) is 5.57 Å². The number of rotatable bonds is 0. The number of aliphatic hydroxyl groups excluding tert-OH is 2. The van der Waals surface area contributed by atoms with Gasteiger partial charge in [-0.3, -0.25) is 4.79 Å². The lowest BCUT2D eigenvalue weighted by atomic mass is 9.74. The summed E-state index contributed by atoms with van der Waals surface area (Å²) in [5.41, 5.74) is -0.0656. The number of carbonyl (C=O) groups excluding carboxylic acids is 1. The van der Waals surface area contributed by atoms with Gasteiger partial charge in [0, 0.05) is 17.4 Å². The van der Waals surface area contributed by atoms with Crippen molar-refractivity contribution in [1.82, 2.24) is 0 Å². The van der Waals surface area contributed by atoms with Crippen LogP contribution in [0.2, 0.25) is 0 Å². The van der Waals surface area contributed by atoms with Crippen LogP contribution in [-0.4, -0.2) is 22.1 Å². The third kappa shape index (κ3) is 1.25. The summed E-state index contributed by atoms with van der Waals surface area (Å²) in [6, 6.07) is 0. The number of Topliss-reactive ketones (excluding diaryl/α,β-unsaturated/α-hetero) is 1. The molecule has 1 unspecified atom stereocenters. The molecule has 1 aliphatic rings. The Morgan fingerprint density at radius 3 is 2.50 bits per heavy atom. The number of carbonyl (C=O) groups is 1. The Morgan fingerprint density at radius 2 is 2.00 bits per heavy atom. The zero-order valence-electron chi connectivity index (χ0n) is 7.59. The Bertz CT molecular complexity index is 250. The van der Waals surface area contributed by atoms with Crippen molar-refractivity contribution in [3.8, 4) is 0 Å². The van der Waals surface area contributed by atoms with Crippen LogP contribution < -0.4 is 0 Å². The Labute approximate surface area is 71.7 Å². The molecule has 0 aromatic carbocycles. The predicted molar refractivity (Wildman–Crippen MR) is 44.7 cm³/mol. The highest BCUT2D eigenvalue weighted by atomic mass is 16.3. The van der Waals surface area contributed by atoms with Gasteiger partial charge in [0.05, 0.1) is 6.10 Å². The van der Waals surface area contributed by atoms with Gasteiger partial charge >= 0.3 is 0 Å². The third-order valence-electron chi connectivity index (χ3n) is 2.40. The minimum Gasteiger partial charge on any atom is -0.504 e. The van der Waals surface area contributed by atoms with Gasteiger partial charge in [-0.25, -0.2) is 0 Å². The molecule has 0 aliphatic heterocycles. The van der Waals surface area contributed by atoms with E-state index in [9.17, 15) is 15.0 Å². The fourth-order valence-electron chi connectivity index (χ4n) is 1.53. The Kier molecular flexibility index (Phi) is 2.00. The molecule has 0 saturated carbocycles. The topological polar surface area (TPSA) is 57.5 Å². The maximum absolute atomic E-state index is 11.1. The van der Waals surface area contributed by atoms with Gasteiger partial charge in [0.15, 0.2) is 11.5 Å². The van der Waals surface area contributed by atoms with E-state index in [-0.39, 0.29) is 18.0 Å². The molecule has 0 bridgehead atoms. The summed E-state index contributed by atoms with van der Waals surface area (Å²) in [6.07, 6.45) is -0.507. The van der Waals surface area contributed by atoms with Gasteiger partial charge in [-0.05, 0) is 6.92 Å². The minimum absolute atomic E-state index is 0.206. The van der Waals surface area contributed by atoms with Gasteiger partial charge in [0.1, 0.15) is 0 Å². The van der Waals surface area contributed by atoms with Crippen LogP contribution in [0.15, 0.2) is 11.3 Å². The van der Waals surface area contributed by atoms with Crippen LogP contribution in [-0.2, 0) is 4.79 Å². The van der Waals surface area contributed by atoms with Gasteiger partial charge < -0.3 is 10.2 Å². The number of ketones is 1. The van der Waals surface area contributed by atoms with E-state index in [1.54, 1.807) is 6.92 Å². The van der Waals surface area contributed by atoms with Crippen molar-refractivity contribution in [2.24, 2.45) is 5.41 Å².